The van der Waals surface area contributed by atoms with Crippen LogP contribution in [0.1, 0.15) is 57.2 Å². The lowest BCUT2D eigenvalue weighted by atomic mass is 10.0. The van der Waals surface area contributed by atoms with Crippen molar-refractivity contribution in [2.75, 3.05) is 18.9 Å². The number of aliphatic imine (C=N–C) groups is 1. The number of nitrogens with two attached hydrogens (primary N) is 1. The van der Waals surface area contributed by atoms with E-state index in [1.54, 1.807) is 27.7 Å². The van der Waals surface area contributed by atoms with Gasteiger partial charge < -0.3 is 15.2 Å². The van der Waals surface area contributed by atoms with Crippen LogP contribution < -0.4 is 5.73 Å². The maximum atomic E-state index is 14.3. The molecule has 12 heteroatoms. The van der Waals surface area contributed by atoms with Crippen molar-refractivity contribution in [3.8, 4) is 0 Å². The summed E-state index contributed by atoms with van der Waals surface area (Å²) < 4.78 is 52.1. The summed E-state index contributed by atoms with van der Waals surface area (Å²) in [5.74, 6) is -1.98. The standard InChI is InChI=1S/C23H29BrF3N3O5/c1-6-34-21(32)18(29-9-14-13(20(26)27)8-15(24)11(2)17(14)28)19(31)16-7-12(25)10-30(16)22(33)35-23(3,4)5/h8-9,12,16,18,20H,6-7,10,28H2,1-5H3/t12-,16+,18?/m1/s1. The van der Waals surface area contributed by atoms with Gasteiger partial charge in [0.2, 0.25) is 6.04 Å². The van der Waals surface area contributed by atoms with Crippen LogP contribution in [0.3, 0.4) is 0 Å². The van der Waals surface area contributed by atoms with Gasteiger partial charge in [0.15, 0.2) is 5.78 Å². The number of rotatable bonds is 7. The summed E-state index contributed by atoms with van der Waals surface area (Å²) in [6, 6.07) is -2.01. The van der Waals surface area contributed by atoms with Crippen LogP contribution in [0.15, 0.2) is 15.5 Å². The van der Waals surface area contributed by atoms with Gasteiger partial charge in [0.25, 0.3) is 6.43 Å². The zero-order valence-corrected chi connectivity index (χ0v) is 21.7. The smallest absolute Gasteiger partial charge is 0.411 e. The first-order chi connectivity index (χ1) is 16.2. The number of anilines is 1. The highest BCUT2D eigenvalue weighted by Gasteiger charge is 2.45. The Bertz CT molecular complexity index is 1010. The summed E-state index contributed by atoms with van der Waals surface area (Å²) in [6.45, 7) is 7.45. The molecule has 0 saturated carbocycles. The zero-order chi connectivity index (χ0) is 26.7. The van der Waals surface area contributed by atoms with E-state index in [1.807, 2.05) is 0 Å². The monoisotopic (exact) mass is 563 g/mol. The number of nitrogen functional groups attached to an aromatic ring is 1. The molecule has 1 aliphatic rings. The first-order valence-corrected chi connectivity index (χ1v) is 11.7. The molecular formula is C23H29BrF3N3O5. The summed E-state index contributed by atoms with van der Waals surface area (Å²) in [5.41, 5.74) is 4.92. The fourth-order valence-corrected chi connectivity index (χ4v) is 3.97. The van der Waals surface area contributed by atoms with Crippen LogP contribution in [-0.4, -0.2) is 66.0 Å². The lowest BCUT2D eigenvalue weighted by Crippen LogP contribution is -2.48. The molecule has 0 spiro atoms. The second kappa shape index (κ2) is 11.4. The molecule has 1 saturated heterocycles. The Kier molecular flexibility index (Phi) is 9.32. The molecule has 1 unspecified atom stereocenters. The number of ether oxygens (including phenoxy) is 2. The topological polar surface area (TPSA) is 111 Å². The maximum absolute atomic E-state index is 14.3. The Morgan fingerprint density at radius 1 is 1.34 bits per heavy atom. The third kappa shape index (κ3) is 6.96. The molecule has 0 aromatic heterocycles. The van der Waals surface area contributed by atoms with Gasteiger partial charge in [-0.25, -0.2) is 22.8 Å². The number of benzene rings is 1. The van der Waals surface area contributed by atoms with E-state index < -0.39 is 60.2 Å². The van der Waals surface area contributed by atoms with E-state index in [1.165, 1.54) is 13.0 Å². The van der Waals surface area contributed by atoms with Gasteiger partial charge >= 0.3 is 12.1 Å². The molecule has 0 radical (unpaired) electrons. The molecular weight excluding hydrogens is 535 g/mol. The van der Waals surface area contributed by atoms with E-state index in [9.17, 15) is 27.6 Å². The number of amides is 1. The normalized spacial score (nSPS) is 19.3. The molecule has 1 amide bonds. The van der Waals surface area contributed by atoms with Crippen molar-refractivity contribution in [3.63, 3.8) is 0 Å². The Labute approximate surface area is 210 Å². The van der Waals surface area contributed by atoms with Gasteiger partial charge in [0.05, 0.1) is 19.2 Å². The minimum Gasteiger partial charge on any atom is -0.464 e. The third-order valence-electron chi connectivity index (χ3n) is 5.22. The molecule has 2 N–H and O–H groups in total. The van der Waals surface area contributed by atoms with Gasteiger partial charge in [-0.3, -0.25) is 14.7 Å². The SMILES string of the molecule is CCOC(=O)C(N=Cc1c(C(F)F)cc(Br)c(C)c1N)C(=O)[C@@H]1C[C@@H](F)CN1C(=O)OC(C)(C)C. The number of likely N-dealkylation sites (tertiary alicyclic amines) is 1. The van der Waals surface area contributed by atoms with E-state index in [0.717, 1.165) is 11.1 Å². The number of Topliss-reactive ketones (excluding diaryl/α,β-unsaturated/α-hetero) is 1. The number of esters is 1. The first kappa shape index (κ1) is 28.6. The third-order valence-corrected chi connectivity index (χ3v) is 6.04. The second-order valence-electron chi connectivity index (χ2n) is 9.02. The highest BCUT2D eigenvalue weighted by molar-refractivity contribution is 9.10. The van der Waals surface area contributed by atoms with Gasteiger partial charge in [0, 0.05) is 33.9 Å². The summed E-state index contributed by atoms with van der Waals surface area (Å²) in [5, 5.41) is 0. The number of hydrogen-bond acceptors (Lipinski definition) is 7. The Morgan fingerprint density at radius 3 is 2.51 bits per heavy atom. The molecule has 0 bridgehead atoms. The molecule has 0 aliphatic carbocycles. The Hall–Kier alpha value is -2.63. The van der Waals surface area contributed by atoms with Crippen molar-refractivity contribution in [3.05, 3.63) is 27.2 Å². The van der Waals surface area contributed by atoms with Crippen LogP contribution >= 0.6 is 15.9 Å². The highest BCUT2D eigenvalue weighted by Crippen LogP contribution is 2.33. The molecule has 1 fully saturated rings. The van der Waals surface area contributed by atoms with Crippen molar-refractivity contribution in [1.29, 1.82) is 0 Å². The van der Waals surface area contributed by atoms with Crippen LogP contribution in [0, 0.1) is 6.92 Å². The van der Waals surface area contributed by atoms with Crippen molar-refractivity contribution in [2.24, 2.45) is 4.99 Å². The average molecular weight is 564 g/mol. The van der Waals surface area contributed by atoms with E-state index >= 15 is 0 Å². The van der Waals surface area contributed by atoms with E-state index in [4.69, 9.17) is 15.2 Å². The van der Waals surface area contributed by atoms with Crippen molar-refractivity contribution >= 4 is 45.7 Å². The first-order valence-electron chi connectivity index (χ1n) is 10.9. The van der Waals surface area contributed by atoms with Gasteiger partial charge in [-0.2, -0.15) is 0 Å². The summed E-state index contributed by atoms with van der Waals surface area (Å²) >= 11 is 3.17. The molecule has 1 aromatic carbocycles. The lowest BCUT2D eigenvalue weighted by Gasteiger charge is -2.28. The number of nitrogens with zero attached hydrogens (tertiary/aromatic N) is 2. The predicted molar refractivity (Wildman–Crippen MR) is 128 cm³/mol. The molecule has 3 atom stereocenters. The Balaban J connectivity index is 2.47. The van der Waals surface area contributed by atoms with Crippen molar-refractivity contribution in [2.45, 2.75) is 71.3 Å². The van der Waals surface area contributed by atoms with Crippen LogP contribution in [0.25, 0.3) is 0 Å². The number of carbonyl (C=O) groups excluding carboxylic acids is 3. The fourth-order valence-electron chi connectivity index (χ4n) is 3.51. The Morgan fingerprint density at radius 2 is 1.97 bits per heavy atom. The highest BCUT2D eigenvalue weighted by atomic mass is 79.9. The fraction of sp³-hybridized carbons (Fsp3) is 0.565. The van der Waals surface area contributed by atoms with E-state index in [0.29, 0.717) is 10.0 Å². The molecule has 1 aliphatic heterocycles. The van der Waals surface area contributed by atoms with Gasteiger partial charge in [0.1, 0.15) is 11.8 Å². The molecule has 194 valence electrons. The number of carbonyl (C=O) groups is 3. The van der Waals surface area contributed by atoms with E-state index in [-0.39, 0.29) is 24.3 Å². The summed E-state index contributed by atoms with van der Waals surface area (Å²) in [6.07, 6.45) is -4.83. The zero-order valence-electron chi connectivity index (χ0n) is 20.1. The van der Waals surface area contributed by atoms with Gasteiger partial charge in [-0.05, 0) is 46.2 Å². The second-order valence-corrected chi connectivity index (χ2v) is 9.87. The molecule has 35 heavy (non-hydrogen) atoms. The molecule has 1 aromatic rings. The summed E-state index contributed by atoms with van der Waals surface area (Å²) in [7, 11) is 0. The lowest BCUT2D eigenvalue weighted by molar-refractivity contribution is -0.148. The number of hydrogen-bond donors (Lipinski definition) is 1. The van der Waals surface area contributed by atoms with Crippen LogP contribution in [-0.2, 0) is 19.1 Å². The largest absolute Gasteiger partial charge is 0.464 e. The quantitative estimate of drug-likeness (QED) is 0.225. The maximum Gasteiger partial charge on any atom is 0.411 e. The van der Waals surface area contributed by atoms with Crippen LogP contribution in [0.5, 0.6) is 0 Å². The van der Waals surface area contributed by atoms with Crippen LogP contribution in [0.2, 0.25) is 0 Å². The minimum atomic E-state index is -2.92. The predicted octanol–water partition coefficient (Wildman–Crippen LogP) is 4.54. The molecule has 2 rings (SSSR count). The average Bonchev–Trinajstić information content (AvgIpc) is 3.14. The summed E-state index contributed by atoms with van der Waals surface area (Å²) in [4.78, 5) is 43.3. The van der Waals surface area contributed by atoms with Crippen LogP contribution in [0.4, 0.5) is 23.7 Å². The number of ketones is 1. The van der Waals surface area contributed by atoms with Gasteiger partial charge in [-0.15, -0.1) is 0 Å². The van der Waals surface area contributed by atoms with Crippen molar-refractivity contribution in [1.82, 2.24) is 4.90 Å². The number of halogens is 4. The van der Waals surface area contributed by atoms with E-state index in [2.05, 4.69) is 20.9 Å². The molecule has 8 nitrogen and oxygen atoms in total. The minimum absolute atomic E-state index is 0.0199. The van der Waals surface area contributed by atoms with Crippen molar-refractivity contribution < 1.29 is 37.0 Å². The molecule has 1 heterocycles. The van der Waals surface area contributed by atoms with Gasteiger partial charge in [-0.1, -0.05) is 15.9 Å². The number of alkyl halides is 3.